The highest BCUT2D eigenvalue weighted by atomic mass is 32.2. The normalized spacial score (nSPS) is 31.9. The predicted octanol–water partition coefficient (Wildman–Crippen LogP) is -1.48. The highest BCUT2D eigenvalue weighted by molar-refractivity contribution is 8.00. The van der Waals surface area contributed by atoms with Crippen molar-refractivity contribution in [2.45, 2.75) is 18.5 Å². The summed E-state index contributed by atoms with van der Waals surface area (Å²) in [5.74, 6) is 0.614. The average Bonchev–Trinajstić information content (AvgIpc) is 2.58. The number of thioether (sulfide) groups is 1. The third-order valence-electron chi connectivity index (χ3n) is 2.75. The van der Waals surface area contributed by atoms with E-state index in [4.69, 9.17) is 0 Å². The highest BCUT2D eigenvalue weighted by Gasteiger charge is 2.32. The van der Waals surface area contributed by atoms with Crippen LogP contribution < -0.4 is 10.6 Å². The van der Waals surface area contributed by atoms with Gasteiger partial charge in [0.05, 0.1) is 17.3 Å². The second-order valence-corrected chi connectivity index (χ2v) is 7.50. The fraction of sp³-hybridized carbons (Fsp3) is 0.778. The summed E-state index contributed by atoms with van der Waals surface area (Å²) in [4.78, 5) is 22.9. The third kappa shape index (κ3) is 3.35. The van der Waals surface area contributed by atoms with Crippen molar-refractivity contribution in [3.8, 4) is 0 Å². The Morgan fingerprint density at radius 3 is 2.82 bits per heavy atom. The summed E-state index contributed by atoms with van der Waals surface area (Å²) in [6.07, 6.45) is 0.460. The second kappa shape index (κ2) is 4.85. The molecule has 17 heavy (non-hydrogen) atoms. The van der Waals surface area contributed by atoms with Gasteiger partial charge in [-0.3, -0.25) is 9.59 Å². The van der Waals surface area contributed by atoms with Crippen molar-refractivity contribution in [3.63, 3.8) is 0 Å². The van der Waals surface area contributed by atoms with Crippen LogP contribution in [0.1, 0.15) is 6.42 Å². The van der Waals surface area contributed by atoms with Gasteiger partial charge in [0, 0.05) is 11.8 Å². The maximum Gasteiger partial charge on any atom is 0.243 e. The minimum atomic E-state index is -2.99. The molecular formula is C9H14N2O4S2. The Morgan fingerprint density at radius 1 is 1.47 bits per heavy atom. The average molecular weight is 278 g/mol. The molecule has 96 valence electrons. The van der Waals surface area contributed by atoms with Crippen molar-refractivity contribution in [3.05, 3.63) is 0 Å². The first-order chi connectivity index (χ1) is 7.96. The van der Waals surface area contributed by atoms with Crippen LogP contribution in [0.25, 0.3) is 0 Å². The van der Waals surface area contributed by atoms with Crippen LogP contribution in [-0.2, 0) is 19.4 Å². The molecule has 2 unspecified atom stereocenters. The summed E-state index contributed by atoms with van der Waals surface area (Å²) in [6, 6.07) is -0.846. The zero-order valence-electron chi connectivity index (χ0n) is 9.14. The van der Waals surface area contributed by atoms with Gasteiger partial charge in [-0.1, -0.05) is 0 Å². The molecule has 2 N–H and O–H groups in total. The van der Waals surface area contributed by atoms with Crippen molar-refractivity contribution in [1.29, 1.82) is 0 Å². The maximum atomic E-state index is 11.8. The van der Waals surface area contributed by atoms with Gasteiger partial charge in [0.2, 0.25) is 11.8 Å². The highest BCUT2D eigenvalue weighted by Crippen LogP contribution is 2.13. The molecule has 0 aromatic carbocycles. The monoisotopic (exact) mass is 278 g/mol. The van der Waals surface area contributed by atoms with E-state index in [0.717, 1.165) is 0 Å². The molecule has 2 atom stereocenters. The van der Waals surface area contributed by atoms with Crippen LogP contribution in [0.2, 0.25) is 0 Å². The van der Waals surface area contributed by atoms with E-state index in [1.165, 1.54) is 11.8 Å². The summed E-state index contributed by atoms with van der Waals surface area (Å²) >= 11 is 1.41. The van der Waals surface area contributed by atoms with Gasteiger partial charge in [-0.2, -0.15) is 0 Å². The van der Waals surface area contributed by atoms with E-state index < -0.39 is 15.9 Å². The van der Waals surface area contributed by atoms with Gasteiger partial charge in [0.1, 0.15) is 6.04 Å². The lowest BCUT2D eigenvalue weighted by atomic mass is 10.2. The molecular weight excluding hydrogens is 264 g/mol. The van der Waals surface area contributed by atoms with Crippen molar-refractivity contribution in [2.24, 2.45) is 0 Å². The molecule has 2 rings (SSSR count). The third-order valence-corrected chi connectivity index (χ3v) is 5.55. The Balaban J connectivity index is 1.87. The van der Waals surface area contributed by atoms with E-state index >= 15 is 0 Å². The fourth-order valence-electron chi connectivity index (χ4n) is 1.90. The first kappa shape index (κ1) is 12.7. The van der Waals surface area contributed by atoms with E-state index in [1.807, 2.05) is 0 Å². The van der Waals surface area contributed by atoms with Crippen LogP contribution in [0.4, 0.5) is 0 Å². The van der Waals surface area contributed by atoms with E-state index in [1.54, 1.807) is 0 Å². The molecule has 0 aliphatic carbocycles. The smallest absolute Gasteiger partial charge is 0.243 e. The van der Waals surface area contributed by atoms with Gasteiger partial charge in [-0.05, 0) is 6.42 Å². The zero-order chi connectivity index (χ0) is 12.5. The molecule has 0 aromatic heterocycles. The molecule has 0 aromatic rings. The van der Waals surface area contributed by atoms with Crippen molar-refractivity contribution in [2.75, 3.05) is 23.0 Å². The number of hydrogen-bond donors (Lipinski definition) is 2. The Morgan fingerprint density at radius 2 is 2.24 bits per heavy atom. The Hall–Kier alpha value is -0.760. The minimum Gasteiger partial charge on any atom is -0.351 e. The van der Waals surface area contributed by atoms with Crippen molar-refractivity contribution in [1.82, 2.24) is 10.6 Å². The Bertz CT molecular complexity index is 434. The lowest BCUT2D eigenvalue weighted by molar-refractivity contribution is -0.128. The van der Waals surface area contributed by atoms with Gasteiger partial charge in [-0.25, -0.2) is 8.42 Å². The first-order valence-corrected chi connectivity index (χ1v) is 8.32. The van der Waals surface area contributed by atoms with E-state index in [2.05, 4.69) is 10.6 Å². The zero-order valence-corrected chi connectivity index (χ0v) is 10.8. The summed E-state index contributed by atoms with van der Waals surface area (Å²) in [7, 11) is -2.99. The van der Waals surface area contributed by atoms with Crippen LogP contribution in [-0.4, -0.2) is 55.3 Å². The van der Waals surface area contributed by atoms with Crippen LogP contribution in [0.5, 0.6) is 0 Å². The van der Waals surface area contributed by atoms with Crippen LogP contribution in [0.3, 0.4) is 0 Å². The maximum absolute atomic E-state index is 11.8. The number of amides is 2. The molecule has 2 aliphatic heterocycles. The molecule has 0 spiro atoms. The van der Waals surface area contributed by atoms with Gasteiger partial charge in [-0.15, -0.1) is 11.8 Å². The molecule has 6 nitrogen and oxygen atoms in total. The van der Waals surface area contributed by atoms with Gasteiger partial charge >= 0.3 is 0 Å². The van der Waals surface area contributed by atoms with Gasteiger partial charge in [0.25, 0.3) is 0 Å². The number of hydrogen-bond acceptors (Lipinski definition) is 5. The molecule has 2 heterocycles. The fourth-order valence-corrected chi connectivity index (χ4v) is 4.43. The van der Waals surface area contributed by atoms with Crippen LogP contribution in [0.15, 0.2) is 0 Å². The summed E-state index contributed by atoms with van der Waals surface area (Å²) in [5, 5.41) is 5.27. The molecule has 2 aliphatic rings. The summed E-state index contributed by atoms with van der Waals surface area (Å²) in [6.45, 7) is 0. The SMILES string of the molecule is O=C1CSCC(C(=O)NC2CCS(=O)(=O)C2)N1. The van der Waals surface area contributed by atoms with Crippen LogP contribution in [0, 0.1) is 0 Å². The Labute approximate surface area is 104 Å². The number of nitrogens with one attached hydrogen (secondary N) is 2. The van der Waals surface area contributed by atoms with Gasteiger partial charge < -0.3 is 10.6 Å². The van der Waals surface area contributed by atoms with Gasteiger partial charge in [0.15, 0.2) is 9.84 Å². The molecule has 0 bridgehead atoms. The number of sulfone groups is 1. The summed E-state index contributed by atoms with van der Waals surface area (Å²) in [5.41, 5.74) is 0. The molecule has 2 amide bonds. The Kier molecular flexibility index (Phi) is 3.62. The quantitative estimate of drug-likeness (QED) is 0.643. The van der Waals surface area contributed by atoms with E-state index in [0.29, 0.717) is 17.9 Å². The van der Waals surface area contributed by atoms with E-state index in [9.17, 15) is 18.0 Å². The second-order valence-electron chi connectivity index (χ2n) is 4.24. The molecule has 8 heteroatoms. The standard InChI is InChI=1S/C9H14N2O4S2/c12-8-4-16-3-7(11-8)9(13)10-6-1-2-17(14,15)5-6/h6-7H,1-5H2,(H,10,13)(H,11,12). The lowest BCUT2D eigenvalue weighted by Gasteiger charge is -2.23. The molecule has 2 fully saturated rings. The lowest BCUT2D eigenvalue weighted by Crippen LogP contribution is -2.53. The number of carbonyl (C=O) groups excluding carboxylic acids is 2. The minimum absolute atomic E-state index is 0.00650. The first-order valence-electron chi connectivity index (χ1n) is 5.34. The summed E-state index contributed by atoms with van der Waals surface area (Å²) < 4.78 is 22.5. The number of carbonyl (C=O) groups is 2. The molecule has 0 radical (unpaired) electrons. The molecule has 0 saturated carbocycles. The number of rotatable bonds is 2. The van der Waals surface area contributed by atoms with Crippen molar-refractivity contribution >= 4 is 33.4 Å². The molecule has 2 saturated heterocycles. The topological polar surface area (TPSA) is 92.3 Å². The van der Waals surface area contributed by atoms with Crippen LogP contribution >= 0.6 is 11.8 Å². The largest absolute Gasteiger partial charge is 0.351 e. The predicted molar refractivity (Wildman–Crippen MR) is 64.5 cm³/mol. The van der Waals surface area contributed by atoms with E-state index in [-0.39, 0.29) is 29.4 Å². The van der Waals surface area contributed by atoms with Crippen molar-refractivity contribution < 1.29 is 18.0 Å².